The lowest BCUT2D eigenvalue weighted by atomic mass is 10.3. The highest BCUT2D eigenvalue weighted by atomic mass is 32.2. The Morgan fingerprint density at radius 3 is 2.72 bits per heavy atom. The second-order valence-electron chi connectivity index (χ2n) is 3.46. The number of benzene rings is 1. The number of sulfonamides is 1. The van der Waals surface area contributed by atoms with Gasteiger partial charge in [0, 0.05) is 18.5 Å². The summed E-state index contributed by atoms with van der Waals surface area (Å²) in [6.45, 7) is 0. The molecule has 1 heterocycles. The summed E-state index contributed by atoms with van der Waals surface area (Å²) in [5, 5.41) is 9.44. The molecule has 0 fully saturated rings. The quantitative estimate of drug-likeness (QED) is 0.831. The fourth-order valence-electron chi connectivity index (χ4n) is 1.30. The molecule has 0 radical (unpaired) electrons. The Morgan fingerprint density at radius 1 is 1.28 bits per heavy atom. The predicted octanol–water partition coefficient (Wildman–Crippen LogP) is 1.73. The number of halogens is 1. The van der Waals surface area contributed by atoms with Crippen molar-refractivity contribution in [1.82, 2.24) is 4.98 Å². The Morgan fingerprint density at radius 2 is 2.06 bits per heavy atom. The van der Waals surface area contributed by atoms with Gasteiger partial charge in [0.2, 0.25) is 0 Å². The van der Waals surface area contributed by atoms with E-state index in [0.29, 0.717) is 0 Å². The first-order valence-corrected chi connectivity index (χ1v) is 6.39. The molecule has 0 atom stereocenters. The van der Waals surface area contributed by atoms with Gasteiger partial charge < -0.3 is 5.11 Å². The second kappa shape index (κ2) is 4.61. The van der Waals surface area contributed by atoms with E-state index in [1.165, 1.54) is 18.3 Å². The largest absolute Gasteiger partial charge is 0.506 e. The van der Waals surface area contributed by atoms with Crippen molar-refractivity contribution in [2.75, 3.05) is 4.72 Å². The summed E-state index contributed by atoms with van der Waals surface area (Å²) in [6.07, 6.45) is 2.58. The van der Waals surface area contributed by atoms with Crippen LogP contribution in [0.1, 0.15) is 0 Å². The van der Waals surface area contributed by atoms with Gasteiger partial charge in [-0.05, 0) is 24.3 Å². The molecule has 0 aliphatic carbocycles. The van der Waals surface area contributed by atoms with Crippen molar-refractivity contribution in [3.8, 4) is 5.75 Å². The van der Waals surface area contributed by atoms with Crippen LogP contribution in [0.15, 0.2) is 47.6 Å². The smallest absolute Gasteiger partial charge is 0.263 e. The van der Waals surface area contributed by atoms with Gasteiger partial charge >= 0.3 is 0 Å². The summed E-state index contributed by atoms with van der Waals surface area (Å²) in [5.41, 5.74) is -0.223. The molecule has 2 N–H and O–H groups in total. The van der Waals surface area contributed by atoms with E-state index in [-0.39, 0.29) is 16.3 Å². The van der Waals surface area contributed by atoms with Crippen LogP contribution in [-0.4, -0.2) is 18.5 Å². The summed E-state index contributed by atoms with van der Waals surface area (Å²) < 4.78 is 38.8. The first kappa shape index (κ1) is 12.3. The highest BCUT2D eigenvalue weighted by Gasteiger charge is 2.16. The minimum atomic E-state index is -3.89. The zero-order valence-corrected chi connectivity index (χ0v) is 9.86. The number of hydrogen-bond donors (Lipinski definition) is 2. The number of rotatable bonds is 3. The standard InChI is InChI=1S/C11H9FN2O3S/c12-8-3-4-11(15)10(6-8)14-18(16,17)9-2-1-5-13-7-9/h1-7,14-15H. The maximum absolute atomic E-state index is 13.0. The Bertz CT molecular complexity index is 659. The molecule has 0 amide bonds. The zero-order chi connectivity index (χ0) is 13.2. The summed E-state index contributed by atoms with van der Waals surface area (Å²) in [5.74, 6) is -1.01. The van der Waals surface area contributed by atoms with Crippen LogP contribution >= 0.6 is 0 Å². The van der Waals surface area contributed by atoms with Crippen molar-refractivity contribution in [2.24, 2.45) is 0 Å². The number of nitrogens with one attached hydrogen (secondary N) is 1. The molecule has 94 valence electrons. The Balaban J connectivity index is 2.37. The van der Waals surface area contributed by atoms with Gasteiger partial charge in [0.05, 0.1) is 5.69 Å². The molecule has 1 aromatic heterocycles. The van der Waals surface area contributed by atoms with E-state index < -0.39 is 15.8 Å². The molecule has 5 nitrogen and oxygen atoms in total. The molecule has 18 heavy (non-hydrogen) atoms. The molecule has 2 aromatic rings. The van der Waals surface area contributed by atoms with E-state index in [9.17, 15) is 17.9 Å². The molecule has 0 aliphatic rings. The van der Waals surface area contributed by atoms with Gasteiger partial charge in [-0.25, -0.2) is 12.8 Å². The van der Waals surface area contributed by atoms with Crippen molar-refractivity contribution >= 4 is 15.7 Å². The number of phenols is 1. The van der Waals surface area contributed by atoms with Crippen LogP contribution in [0.4, 0.5) is 10.1 Å². The van der Waals surface area contributed by atoms with E-state index in [2.05, 4.69) is 9.71 Å². The highest BCUT2D eigenvalue weighted by molar-refractivity contribution is 7.92. The van der Waals surface area contributed by atoms with Crippen LogP contribution in [0.25, 0.3) is 0 Å². The first-order chi connectivity index (χ1) is 8.49. The van der Waals surface area contributed by atoms with E-state index in [4.69, 9.17) is 0 Å². The van der Waals surface area contributed by atoms with Crippen LogP contribution in [-0.2, 0) is 10.0 Å². The molecule has 0 saturated heterocycles. The number of pyridine rings is 1. The van der Waals surface area contributed by atoms with Gasteiger partial charge in [0.15, 0.2) is 0 Å². The van der Waals surface area contributed by atoms with Crippen molar-refractivity contribution in [1.29, 1.82) is 0 Å². The Labute approximate surface area is 103 Å². The second-order valence-corrected chi connectivity index (χ2v) is 5.14. The number of aromatic nitrogens is 1. The SMILES string of the molecule is O=S(=O)(Nc1cc(F)ccc1O)c1cccnc1. The molecular weight excluding hydrogens is 259 g/mol. The number of hydrogen-bond acceptors (Lipinski definition) is 4. The van der Waals surface area contributed by atoms with E-state index >= 15 is 0 Å². The van der Waals surface area contributed by atoms with Crippen LogP contribution in [0, 0.1) is 5.82 Å². The van der Waals surface area contributed by atoms with Crippen molar-refractivity contribution in [2.45, 2.75) is 4.90 Å². The minimum absolute atomic E-state index is 0.0753. The normalized spacial score (nSPS) is 11.2. The molecule has 0 aliphatic heterocycles. The number of anilines is 1. The van der Waals surface area contributed by atoms with Crippen molar-refractivity contribution < 1.29 is 17.9 Å². The van der Waals surface area contributed by atoms with Gasteiger partial charge in [0.1, 0.15) is 16.5 Å². The third kappa shape index (κ3) is 2.57. The van der Waals surface area contributed by atoms with Gasteiger partial charge in [-0.1, -0.05) is 0 Å². The third-order valence-corrected chi connectivity index (χ3v) is 3.50. The monoisotopic (exact) mass is 268 g/mol. The average molecular weight is 268 g/mol. The third-order valence-electron chi connectivity index (χ3n) is 2.15. The predicted molar refractivity (Wildman–Crippen MR) is 63.1 cm³/mol. The summed E-state index contributed by atoms with van der Waals surface area (Å²) in [7, 11) is -3.89. The van der Waals surface area contributed by atoms with Gasteiger partial charge in [0.25, 0.3) is 10.0 Å². The maximum atomic E-state index is 13.0. The molecule has 0 saturated carbocycles. The molecule has 7 heteroatoms. The van der Waals surface area contributed by atoms with E-state index in [1.54, 1.807) is 0 Å². The van der Waals surface area contributed by atoms with E-state index in [0.717, 1.165) is 24.4 Å². The van der Waals surface area contributed by atoms with Gasteiger partial charge in [-0.3, -0.25) is 9.71 Å². The zero-order valence-electron chi connectivity index (χ0n) is 9.04. The first-order valence-electron chi connectivity index (χ1n) is 4.90. The number of phenolic OH excluding ortho intramolecular Hbond substituents is 1. The fraction of sp³-hybridized carbons (Fsp3) is 0. The average Bonchev–Trinajstić information content (AvgIpc) is 2.35. The highest BCUT2D eigenvalue weighted by Crippen LogP contribution is 2.26. The maximum Gasteiger partial charge on any atom is 0.263 e. The Kier molecular flexibility index (Phi) is 3.15. The summed E-state index contributed by atoms with van der Waals surface area (Å²) in [4.78, 5) is 3.60. The van der Waals surface area contributed by atoms with Gasteiger partial charge in [-0.15, -0.1) is 0 Å². The summed E-state index contributed by atoms with van der Waals surface area (Å²) in [6, 6.07) is 5.78. The molecule has 0 unspecified atom stereocenters. The molecule has 0 spiro atoms. The van der Waals surface area contributed by atoms with Crippen LogP contribution in [0.5, 0.6) is 5.75 Å². The van der Waals surface area contributed by atoms with Crippen LogP contribution in [0.2, 0.25) is 0 Å². The van der Waals surface area contributed by atoms with Crippen molar-refractivity contribution in [3.63, 3.8) is 0 Å². The molecule has 2 rings (SSSR count). The lowest BCUT2D eigenvalue weighted by molar-refractivity contribution is 0.475. The molecular formula is C11H9FN2O3S. The van der Waals surface area contributed by atoms with Crippen molar-refractivity contribution in [3.05, 3.63) is 48.5 Å². The fourth-order valence-corrected chi connectivity index (χ4v) is 2.33. The minimum Gasteiger partial charge on any atom is -0.506 e. The number of nitrogens with zero attached hydrogens (tertiary/aromatic N) is 1. The number of aromatic hydroxyl groups is 1. The lowest BCUT2D eigenvalue weighted by Gasteiger charge is -2.09. The summed E-state index contributed by atoms with van der Waals surface area (Å²) >= 11 is 0. The Hall–Kier alpha value is -2.15. The van der Waals surface area contributed by atoms with Crippen LogP contribution < -0.4 is 4.72 Å². The lowest BCUT2D eigenvalue weighted by Crippen LogP contribution is -2.13. The molecule has 0 bridgehead atoms. The van der Waals surface area contributed by atoms with Crippen LogP contribution in [0.3, 0.4) is 0 Å². The topological polar surface area (TPSA) is 79.3 Å². The van der Waals surface area contributed by atoms with Gasteiger partial charge in [-0.2, -0.15) is 0 Å². The molecule has 1 aromatic carbocycles. The van der Waals surface area contributed by atoms with E-state index in [1.807, 2.05) is 0 Å².